The minimum absolute atomic E-state index is 0.359. The molecule has 0 radical (unpaired) electrons. The molecule has 100 valence electrons. The number of hydrogen-bond acceptors (Lipinski definition) is 3. The molecule has 20 heavy (non-hydrogen) atoms. The van der Waals surface area contributed by atoms with Crippen LogP contribution in [-0.4, -0.2) is 4.98 Å². The van der Waals surface area contributed by atoms with Crippen LogP contribution in [0, 0.1) is 0 Å². The topological polar surface area (TPSA) is 35.3 Å². The van der Waals surface area contributed by atoms with E-state index in [9.17, 15) is 0 Å². The third-order valence-electron chi connectivity index (χ3n) is 2.77. The van der Waals surface area contributed by atoms with Gasteiger partial charge in [0, 0.05) is 10.6 Å². The van der Waals surface area contributed by atoms with Crippen molar-refractivity contribution in [2.75, 3.05) is 0 Å². The first-order valence-corrected chi connectivity index (χ1v) is 6.57. The van der Waals surface area contributed by atoms with Gasteiger partial charge in [0.25, 0.3) is 0 Å². The van der Waals surface area contributed by atoms with E-state index in [1.54, 1.807) is 18.4 Å². The molecule has 3 rings (SSSR count). The second kappa shape index (κ2) is 5.80. The van der Waals surface area contributed by atoms with Crippen LogP contribution in [-0.2, 0) is 6.61 Å². The highest BCUT2D eigenvalue weighted by Gasteiger charge is 2.06. The van der Waals surface area contributed by atoms with Gasteiger partial charge >= 0.3 is 0 Å². The zero-order valence-electron chi connectivity index (χ0n) is 10.6. The summed E-state index contributed by atoms with van der Waals surface area (Å²) in [6.07, 6.45) is 1.61. The lowest BCUT2D eigenvalue weighted by Gasteiger charge is -2.03. The first kappa shape index (κ1) is 12.8. The van der Waals surface area contributed by atoms with Gasteiger partial charge in [-0.1, -0.05) is 29.8 Å². The molecule has 0 saturated carbocycles. The molecule has 1 heterocycles. The molecule has 0 aliphatic rings. The summed E-state index contributed by atoms with van der Waals surface area (Å²) in [5, 5.41) is 0.685. The molecule has 0 fully saturated rings. The summed E-state index contributed by atoms with van der Waals surface area (Å²) >= 11 is 5.82. The molecule has 0 bridgehead atoms. The zero-order valence-corrected chi connectivity index (χ0v) is 11.4. The molecule has 1 aromatic heterocycles. The van der Waals surface area contributed by atoms with Gasteiger partial charge in [-0.25, -0.2) is 4.98 Å². The predicted molar refractivity (Wildman–Crippen MR) is 77.7 cm³/mol. The van der Waals surface area contributed by atoms with Crippen LogP contribution in [0.25, 0.3) is 11.5 Å². The first-order valence-electron chi connectivity index (χ1n) is 6.19. The Morgan fingerprint density at radius 1 is 1.00 bits per heavy atom. The van der Waals surface area contributed by atoms with Crippen LogP contribution in [0.5, 0.6) is 5.75 Å². The molecule has 0 aliphatic carbocycles. The van der Waals surface area contributed by atoms with Crippen LogP contribution in [0.1, 0.15) is 5.69 Å². The normalized spacial score (nSPS) is 10.4. The van der Waals surface area contributed by atoms with E-state index in [1.807, 2.05) is 42.5 Å². The smallest absolute Gasteiger partial charge is 0.226 e. The third-order valence-corrected chi connectivity index (χ3v) is 3.02. The van der Waals surface area contributed by atoms with Crippen LogP contribution in [0.3, 0.4) is 0 Å². The first-order chi connectivity index (χ1) is 9.81. The lowest BCUT2D eigenvalue weighted by molar-refractivity contribution is 0.301. The van der Waals surface area contributed by atoms with Gasteiger partial charge in [-0.2, -0.15) is 0 Å². The highest BCUT2D eigenvalue weighted by Crippen LogP contribution is 2.20. The SMILES string of the molecule is Clc1ccc(OCc2coc(-c3ccccc3)n2)cc1. The molecular formula is C16H12ClNO2. The Labute approximate surface area is 121 Å². The van der Waals surface area contributed by atoms with E-state index < -0.39 is 0 Å². The number of hydrogen-bond donors (Lipinski definition) is 0. The molecule has 0 amide bonds. The monoisotopic (exact) mass is 285 g/mol. The molecule has 0 spiro atoms. The number of halogens is 1. The molecule has 0 aliphatic heterocycles. The minimum Gasteiger partial charge on any atom is -0.487 e. The Morgan fingerprint density at radius 2 is 1.75 bits per heavy atom. The van der Waals surface area contributed by atoms with Crippen molar-refractivity contribution >= 4 is 11.6 Å². The van der Waals surface area contributed by atoms with E-state index in [-0.39, 0.29) is 0 Å². The summed E-state index contributed by atoms with van der Waals surface area (Å²) in [6, 6.07) is 17.0. The van der Waals surface area contributed by atoms with E-state index in [0.717, 1.165) is 17.0 Å². The molecule has 3 nitrogen and oxygen atoms in total. The van der Waals surface area contributed by atoms with Gasteiger partial charge in [0.1, 0.15) is 24.3 Å². The summed E-state index contributed by atoms with van der Waals surface area (Å²) < 4.78 is 11.1. The van der Waals surface area contributed by atoms with Crippen molar-refractivity contribution in [3.05, 3.63) is 71.6 Å². The Kier molecular flexibility index (Phi) is 3.70. The Morgan fingerprint density at radius 3 is 2.50 bits per heavy atom. The summed E-state index contributed by atoms with van der Waals surface area (Å²) in [5.74, 6) is 1.35. The van der Waals surface area contributed by atoms with Gasteiger partial charge in [0.15, 0.2) is 0 Å². The number of ether oxygens (including phenoxy) is 1. The lowest BCUT2D eigenvalue weighted by Crippen LogP contribution is -1.95. The Bertz CT molecular complexity index is 677. The Hall–Kier alpha value is -2.26. The number of rotatable bonds is 4. The maximum Gasteiger partial charge on any atom is 0.226 e. The molecule has 0 atom stereocenters. The van der Waals surface area contributed by atoms with Crippen LogP contribution in [0.2, 0.25) is 5.02 Å². The van der Waals surface area contributed by atoms with Crippen molar-refractivity contribution in [1.82, 2.24) is 4.98 Å². The van der Waals surface area contributed by atoms with E-state index in [0.29, 0.717) is 17.5 Å². The fourth-order valence-electron chi connectivity index (χ4n) is 1.77. The molecule has 2 aromatic carbocycles. The van der Waals surface area contributed by atoms with E-state index >= 15 is 0 Å². The lowest BCUT2D eigenvalue weighted by atomic mass is 10.2. The van der Waals surface area contributed by atoms with E-state index in [4.69, 9.17) is 20.8 Å². The summed E-state index contributed by atoms with van der Waals surface area (Å²) in [6.45, 7) is 0.359. The van der Waals surface area contributed by atoms with Crippen molar-refractivity contribution in [3.63, 3.8) is 0 Å². The van der Waals surface area contributed by atoms with Crippen molar-refractivity contribution in [1.29, 1.82) is 0 Å². The number of nitrogens with zero attached hydrogens (tertiary/aromatic N) is 1. The maximum absolute atomic E-state index is 5.82. The molecule has 3 aromatic rings. The van der Waals surface area contributed by atoms with Crippen LogP contribution >= 0.6 is 11.6 Å². The quantitative estimate of drug-likeness (QED) is 0.704. The average Bonchev–Trinajstić information content (AvgIpc) is 2.97. The predicted octanol–water partition coefficient (Wildman–Crippen LogP) is 4.57. The molecule has 0 unspecified atom stereocenters. The second-order valence-corrected chi connectivity index (χ2v) is 4.69. The van der Waals surface area contributed by atoms with Crippen LogP contribution in [0.4, 0.5) is 0 Å². The van der Waals surface area contributed by atoms with Gasteiger partial charge in [-0.3, -0.25) is 0 Å². The van der Waals surface area contributed by atoms with Crippen LogP contribution < -0.4 is 4.74 Å². The molecular weight excluding hydrogens is 274 g/mol. The van der Waals surface area contributed by atoms with Crippen molar-refractivity contribution in [2.24, 2.45) is 0 Å². The van der Waals surface area contributed by atoms with Gasteiger partial charge in [-0.05, 0) is 36.4 Å². The second-order valence-electron chi connectivity index (χ2n) is 4.25. The molecule has 0 saturated heterocycles. The summed E-state index contributed by atoms with van der Waals surface area (Å²) in [4.78, 5) is 4.40. The third kappa shape index (κ3) is 3.00. The van der Waals surface area contributed by atoms with Crippen molar-refractivity contribution < 1.29 is 9.15 Å². The summed E-state index contributed by atoms with van der Waals surface area (Å²) in [7, 11) is 0. The standard InChI is InChI=1S/C16H12ClNO2/c17-13-6-8-15(9-7-13)19-10-14-11-20-16(18-14)12-4-2-1-3-5-12/h1-9,11H,10H2. The van der Waals surface area contributed by atoms with Crippen molar-refractivity contribution in [3.8, 4) is 17.2 Å². The molecule has 4 heteroatoms. The van der Waals surface area contributed by atoms with Crippen molar-refractivity contribution in [2.45, 2.75) is 6.61 Å². The van der Waals surface area contributed by atoms with Gasteiger partial charge in [0.2, 0.25) is 5.89 Å². The van der Waals surface area contributed by atoms with E-state index in [1.165, 1.54) is 0 Å². The number of benzene rings is 2. The number of aromatic nitrogens is 1. The minimum atomic E-state index is 0.359. The maximum atomic E-state index is 5.82. The average molecular weight is 286 g/mol. The summed E-state index contributed by atoms with van der Waals surface area (Å²) in [5.41, 5.74) is 1.70. The highest BCUT2D eigenvalue weighted by atomic mass is 35.5. The van der Waals surface area contributed by atoms with Gasteiger partial charge in [-0.15, -0.1) is 0 Å². The fraction of sp³-hybridized carbons (Fsp3) is 0.0625. The van der Waals surface area contributed by atoms with Gasteiger partial charge in [0.05, 0.1) is 0 Å². The van der Waals surface area contributed by atoms with Gasteiger partial charge < -0.3 is 9.15 Å². The van der Waals surface area contributed by atoms with E-state index in [2.05, 4.69) is 4.98 Å². The zero-order chi connectivity index (χ0) is 13.8. The van der Waals surface area contributed by atoms with Crippen LogP contribution in [0.15, 0.2) is 65.3 Å². The Balaban J connectivity index is 1.67. The largest absolute Gasteiger partial charge is 0.487 e. The number of oxazole rings is 1. The fourth-order valence-corrected chi connectivity index (χ4v) is 1.90. The highest BCUT2D eigenvalue weighted by molar-refractivity contribution is 6.30. The molecule has 0 N–H and O–H groups in total.